The second-order valence-corrected chi connectivity index (χ2v) is 9.50. The number of anilines is 1. The third-order valence-electron chi connectivity index (χ3n) is 5.99. The van der Waals surface area contributed by atoms with Crippen molar-refractivity contribution in [3.05, 3.63) is 94.7 Å². The average molecular weight is 504 g/mol. The van der Waals surface area contributed by atoms with Gasteiger partial charge in [-0.25, -0.2) is 0 Å². The van der Waals surface area contributed by atoms with E-state index in [1.165, 1.54) is 0 Å². The zero-order chi connectivity index (χ0) is 26.1. The quantitative estimate of drug-likeness (QED) is 0.165. The fourth-order valence-corrected chi connectivity index (χ4v) is 3.81. The molecule has 3 aromatic rings. The van der Waals surface area contributed by atoms with Gasteiger partial charge in [0.2, 0.25) is 0 Å². The fourth-order valence-electron chi connectivity index (χ4n) is 3.56. The van der Waals surface area contributed by atoms with Crippen LogP contribution >= 0.6 is 11.6 Å². The second-order valence-electron chi connectivity index (χ2n) is 9.10. The van der Waals surface area contributed by atoms with Crippen molar-refractivity contribution in [3.8, 4) is 16.9 Å². The highest BCUT2D eigenvalue weighted by Gasteiger charge is 2.14. The largest absolute Gasteiger partial charge is 0.494 e. The molecule has 5 nitrogen and oxygen atoms in total. The molecule has 0 aliphatic rings. The number of allylic oxidation sites excluding steroid dienone is 1. The van der Waals surface area contributed by atoms with Crippen LogP contribution in [0.5, 0.6) is 5.75 Å². The number of ether oxygens (including phenoxy) is 1. The molecular weight excluding hydrogens is 470 g/mol. The maximum atomic E-state index is 12.9. The van der Waals surface area contributed by atoms with E-state index in [9.17, 15) is 4.79 Å². The van der Waals surface area contributed by atoms with Crippen molar-refractivity contribution in [1.29, 1.82) is 0 Å². The minimum absolute atomic E-state index is 0.191. The summed E-state index contributed by atoms with van der Waals surface area (Å²) in [6.07, 6.45) is 1.00. The predicted molar refractivity (Wildman–Crippen MR) is 150 cm³/mol. The van der Waals surface area contributed by atoms with E-state index in [0.717, 1.165) is 34.6 Å². The van der Waals surface area contributed by atoms with Crippen LogP contribution in [0.25, 0.3) is 11.1 Å². The summed E-state index contributed by atoms with van der Waals surface area (Å²) >= 11 is 6.33. The first-order chi connectivity index (χ1) is 17.3. The standard InChI is InChI=1S/C30H34ClN3O2/c1-21(2)18-19-36-27-16-14-26(15-17-27)33-30(35)22(3)23(4)34(32-5)20-24-10-12-25(13-11-24)28-8-6-7-9-29(28)31/h6-17,21H,5,18-20H2,1-4H3,(H,33,35)/b23-22+. The Kier molecular flexibility index (Phi) is 9.71. The van der Waals surface area contributed by atoms with Crippen LogP contribution in [0.2, 0.25) is 5.02 Å². The average Bonchev–Trinajstić information content (AvgIpc) is 2.88. The molecule has 0 unspecified atom stereocenters. The van der Waals surface area contributed by atoms with Gasteiger partial charge in [-0.2, -0.15) is 5.10 Å². The summed E-state index contributed by atoms with van der Waals surface area (Å²) in [4.78, 5) is 12.9. The Hall–Kier alpha value is -3.57. The first-order valence-electron chi connectivity index (χ1n) is 12.1. The van der Waals surface area contributed by atoms with Gasteiger partial charge in [-0.15, -0.1) is 0 Å². The van der Waals surface area contributed by atoms with Crippen molar-refractivity contribution >= 4 is 29.9 Å². The fraction of sp³-hybridized carbons (Fsp3) is 0.267. The molecule has 0 saturated carbocycles. The molecule has 1 N–H and O–H groups in total. The lowest BCUT2D eigenvalue weighted by Crippen LogP contribution is -2.21. The van der Waals surface area contributed by atoms with Crippen LogP contribution in [0.1, 0.15) is 39.7 Å². The number of carbonyl (C=O) groups excluding carboxylic acids is 1. The van der Waals surface area contributed by atoms with E-state index >= 15 is 0 Å². The van der Waals surface area contributed by atoms with Gasteiger partial charge in [-0.3, -0.25) is 9.80 Å². The molecule has 0 fully saturated rings. The van der Waals surface area contributed by atoms with E-state index in [1.807, 2.05) is 79.7 Å². The van der Waals surface area contributed by atoms with Crippen LogP contribution in [0.4, 0.5) is 5.69 Å². The number of hydrogen-bond donors (Lipinski definition) is 1. The van der Waals surface area contributed by atoms with Gasteiger partial charge in [0.15, 0.2) is 0 Å². The molecule has 3 aromatic carbocycles. The van der Waals surface area contributed by atoms with Crippen molar-refractivity contribution < 1.29 is 9.53 Å². The third-order valence-corrected chi connectivity index (χ3v) is 6.32. The molecule has 0 aromatic heterocycles. The number of hydrogen-bond acceptors (Lipinski definition) is 4. The summed E-state index contributed by atoms with van der Waals surface area (Å²) in [6.45, 7) is 12.9. The maximum Gasteiger partial charge on any atom is 0.253 e. The molecule has 0 bridgehead atoms. The van der Waals surface area contributed by atoms with Crippen LogP contribution in [0.15, 0.2) is 89.2 Å². The zero-order valence-electron chi connectivity index (χ0n) is 21.4. The first-order valence-corrected chi connectivity index (χ1v) is 12.5. The Morgan fingerprint density at radius 2 is 1.69 bits per heavy atom. The third kappa shape index (κ3) is 7.46. The molecule has 0 aliphatic heterocycles. The molecule has 0 radical (unpaired) electrons. The predicted octanol–water partition coefficient (Wildman–Crippen LogP) is 7.78. The van der Waals surface area contributed by atoms with Gasteiger partial charge in [-0.05, 0) is 67.6 Å². The number of carbonyl (C=O) groups is 1. The Labute approximate surface area is 219 Å². The van der Waals surface area contributed by atoms with Crippen molar-refractivity contribution in [2.45, 2.75) is 40.7 Å². The number of halogens is 1. The van der Waals surface area contributed by atoms with Gasteiger partial charge in [-0.1, -0.05) is 67.9 Å². The summed E-state index contributed by atoms with van der Waals surface area (Å²) in [5, 5.41) is 9.54. The van der Waals surface area contributed by atoms with Gasteiger partial charge >= 0.3 is 0 Å². The van der Waals surface area contributed by atoms with Crippen LogP contribution < -0.4 is 10.1 Å². The highest BCUT2D eigenvalue weighted by atomic mass is 35.5. The van der Waals surface area contributed by atoms with E-state index in [0.29, 0.717) is 35.4 Å². The van der Waals surface area contributed by atoms with Crippen LogP contribution in [-0.4, -0.2) is 24.2 Å². The smallest absolute Gasteiger partial charge is 0.253 e. The number of rotatable bonds is 11. The SMILES string of the molecule is C=NN(Cc1ccc(-c2ccccc2Cl)cc1)/C(C)=C(\C)C(=O)Nc1ccc(OCCC(C)C)cc1. The molecule has 6 heteroatoms. The molecular formula is C30H34ClN3O2. The summed E-state index contributed by atoms with van der Waals surface area (Å²) in [7, 11) is 0. The van der Waals surface area contributed by atoms with Crippen molar-refractivity contribution in [1.82, 2.24) is 5.01 Å². The molecule has 0 atom stereocenters. The summed E-state index contributed by atoms with van der Waals surface area (Å²) in [5.74, 6) is 1.20. The van der Waals surface area contributed by atoms with E-state index in [2.05, 4.69) is 31.0 Å². The van der Waals surface area contributed by atoms with Gasteiger partial charge in [0, 0.05) is 34.3 Å². The maximum absolute atomic E-state index is 12.9. The number of nitrogens with one attached hydrogen (secondary N) is 1. The molecule has 188 valence electrons. The highest BCUT2D eigenvalue weighted by molar-refractivity contribution is 6.33. The normalized spacial score (nSPS) is 11.6. The van der Waals surface area contributed by atoms with Crippen molar-refractivity contribution in [3.63, 3.8) is 0 Å². The van der Waals surface area contributed by atoms with Crippen LogP contribution in [0.3, 0.4) is 0 Å². The lowest BCUT2D eigenvalue weighted by Gasteiger charge is -2.21. The Morgan fingerprint density at radius 3 is 2.31 bits per heavy atom. The van der Waals surface area contributed by atoms with Gasteiger partial charge in [0.1, 0.15) is 5.75 Å². The summed E-state index contributed by atoms with van der Waals surface area (Å²) < 4.78 is 5.75. The molecule has 0 saturated heterocycles. The lowest BCUT2D eigenvalue weighted by atomic mass is 10.0. The second kappa shape index (κ2) is 12.9. The van der Waals surface area contributed by atoms with E-state index in [1.54, 1.807) is 11.9 Å². The molecule has 36 heavy (non-hydrogen) atoms. The highest BCUT2D eigenvalue weighted by Crippen LogP contribution is 2.28. The van der Waals surface area contributed by atoms with Crippen LogP contribution in [-0.2, 0) is 11.3 Å². The number of benzene rings is 3. The van der Waals surface area contributed by atoms with Gasteiger partial charge in [0.25, 0.3) is 5.91 Å². The van der Waals surface area contributed by atoms with Crippen LogP contribution in [0, 0.1) is 5.92 Å². The summed E-state index contributed by atoms with van der Waals surface area (Å²) in [5.41, 5.74) is 5.07. The van der Waals surface area contributed by atoms with E-state index in [-0.39, 0.29) is 5.91 Å². The molecule has 0 heterocycles. The lowest BCUT2D eigenvalue weighted by molar-refractivity contribution is -0.113. The number of hydrazone groups is 1. The minimum atomic E-state index is -0.191. The Morgan fingerprint density at radius 1 is 1.03 bits per heavy atom. The van der Waals surface area contributed by atoms with Crippen molar-refractivity contribution in [2.75, 3.05) is 11.9 Å². The minimum Gasteiger partial charge on any atom is -0.494 e. The van der Waals surface area contributed by atoms with Crippen molar-refractivity contribution in [2.24, 2.45) is 11.0 Å². The zero-order valence-corrected chi connectivity index (χ0v) is 22.2. The molecule has 3 rings (SSSR count). The van der Waals surface area contributed by atoms with Gasteiger partial charge < -0.3 is 10.1 Å². The molecule has 0 aliphatic carbocycles. The molecule has 0 spiro atoms. The first kappa shape index (κ1) is 27.0. The van der Waals surface area contributed by atoms with E-state index in [4.69, 9.17) is 16.3 Å². The monoisotopic (exact) mass is 503 g/mol. The number of nitrogens with zero attached hydrogens (tertiary/aromatic N) is 2. The Bertz CT molecular complexity index is 1200. The topological polar surface area (TPSA) is 53.9 Å². The van der Waals surface area contributed by atoms with E-state index < -0.39 is 0 Å². The molecule has 1 amide bonds. The number of amides is 1. The van der Waals surface area contributed by atoms with Gasteiger partial charge in [0.05, 0.1) is 13.2 Å². The Balaban J connectivity index is 1.63. The summed E-state index contributed by atoms with van der Waals surface area (Å²) in [6, 6.07) is 23.3.